The number of aliphatic carboxylic acids is 1. The van der Waals surface area contributed by atoms with Gasteiger partial charge in [0, 0.05) is 6.42 Å². The van der Waals surface area contributed by atoms with Crippen LogP contribution in [0.15, 0.2) is 18.2 Å². The average molecular weight is 207 g/mol. The van der Waals surface area contributed by atoms with Crippen LogP contribution in [-0.4, -0.2) is 21.7 Å². The molecule has 1 aliphatic carbocycles. The lowest BCUT2D eigenvalue weighted by Crippen LogP contribution is -2.52. The second kappa shape index (κ2) is 3.24. The lowest BCUT2D eigenvalue weighted by atomic mass is 9.78. The van der Waals surface area contributed by atoms with Crippen LogP contribution in [0.3, 0.4) is 0 Å². The minimum Gasteiger partial charge on any atom is -0.508 e. The van der Waals surface area contributed by atoms with E-state index in [1.54, 1.807) is 12.1 Å². The average Bonchev–Trinajstić information content (AvgIpc) is 2.16. The summed E-state index contributed by atoms with van der Waals surface area (Å²) >= 11 is 0. The normalized spacial score (nSPS) is 24.6. The zero-order valence-corrected chi connectivity index (χ0v) is 8.23. The zero-order valence-electron chi connectivity index (χ0n) is 8.23. The highest BCUT2D eigenvalue weighted by Crippen LogP contribution is 2.29. The first-order chi connectivity index (χ1) is 7.01. The Morgan fingerprint density at radius 3 is 2.80 bits per heavy atom. The number of phenols is 1. The van der Waals surface area contributed by atoms with Gasteiger partial charge in [0.25, 0.3) is 0 Å². The summed E-state index contributed by atoms with van der Waals surface area (Å²) in [6.07, 6.45) is 1.38. The minimum absolute atomic E-state index is 0.156. The van der Waals surface area contributed by atoms with Crippen molar-refractivity contribution < 1.29 is 15.0 Å². The number of carboxylic acids is 1. The van der Waals surface area contributed by atoms with Crippen LogP contribution in [-0.2, 0) is 17.6 Å². The second-order valence-electron chi connectivity index (χ2n) is 4.09. The molecule has 0 aliphatic heterocycles. The van der Waals surface area contributed by atoms with E-state index >= 15 is 0 Å². The molecule has 0 spiro atoms. The summed E-state index contributed by atoms with van der Waals surface area (Å²) in [6.45, 7) is 0. The third-order valence-electron chi connectivity index (χ3n) is 2.96. The van der Waals surface area contributed by atoms with Crippen molar-refractivity contribution in [1.82, 2.24) is 0 Å². The number of carbonyl (C=O) groups is 1. The van der Waals surface area contributed by atoms with E-state index < -0.39 is 11.5 Å². The highest BCUT2D eigenvalue weighted by molar-refractivity contribution is 5.79. The molecule has 4 heteroatoms. The van der Waals surface area contributed by atoms with Gasteiger partial charge in [-0.2, -0.15) is 0 Å². The van der Waals surface area contributed by atoms with Crippen LogP contribution in [0.1, 0.15) is 17.5 Å². The summed E-state index contributed by atoms with van der Waals surface area (Å²) in [7, 11) is 0. The number of rotatable bonds is 1. The topological polar surface area (TPSA) is 83.6 Å². The predicted octanol–water partition coefficient (Wildman–Crippen LogP) is 0.663. The van der Waals surface area contributed by atoms with Gasteiger partial charge in [-0.25, -0.2) is 0 Å². The molecule has 0 amide bonds. The summed E-state index contributed by atoms with van der Waals surface area (Å²) in [6, 6.07) is 5.04. The molecule has 4 nitrogen and oxygen atoms in total. The first kappa shape index (κ1) is 9.98. The van der Waals surface area contributed by atoms with Crippen LogP contribution in [0.25, 0.3) is 0 Å². The van der Waals surface area contributed by atoms with Gasteiger partial charge in [-0.1, -0.05) is 6.07 Å². The number of aryl methyl sites for hydroxylation is 1. The van der Waals surface area contributed by atoms with Gasteiger partial charge in [0.05, 0.1) is 0 Å². The molecule has 4 N–H and O–H groups in total. The molecule has 0 unspecified atom stereocenters. The maximum Gasteiger partial charge on any atom is 0.324 e. The number of nitrogens with two attached hydrogens (primary N) is 1. The molecular weight excluding hydrogens is 194 g/mol. The van der Waals surface area contributed by atoms with E-state index in [-0.39, 0.29) is 12.2 Å². The quantitative estimate of drug-likeness (QED) is 0.631. The highest BCUT2D eigenvalue weighted by atomic mass is 16.4. The smallest absolute Gasteiger partial charge is 0.324 e. The standard InChI is InChI=1S/C11H13NO3/c12-11(10(14)15)4-3-7-1-2-9(13)5-8(7)6-11/h1-2,5,13H,3-4,6,12H2,(H,14,15)/t11-/m1/s1. The van der Waals surface area contributed by atoms with Crippen molar-refractivity contribution in [3.63, 3.8) is 0 Å². The Kier molecular flexibility index (Phi) is 2.16. The van der Waals surface area contributed by atoms with Crippen molar-refractivity contribution in [1.29, 1.82) is 0 Å². The number of hydrogen-bond acceptors (Lipinski definition) is 3. The molecule has 15 heavy (non-hydrogen) atoms. The molecule has 80 valence electrons. The first-order valence-electron chi connectivity index (χ1n) is 4.84. The van der Waals surface area contributed by atoms with E-state index in [1.165, 1.54) is 0 Å². The molecule has 0 fully saturated rings. The largest absolute Gasteiger partial charge is 0.508 e. The van der Waals surface area contributed by atoms with E-state index in [0.717, 1.165) is 11.1 Å². The van der Waals surface area contributed by atoms with Crippen molar-refractivity contribution in [2.75, 3.05) is 0 Å². The Bertz CT molecular complexity index is 416. The molecule has 0 aromatic heterocycles. The van der Waals surface area contributed by atoms with Crippen LogP contribution >= 0.6 is 0 Å². The molecule has 0 saturated heterocycles. The fourth-order valence-corrected chi connectivity index (χ4v) is 1.99. The van der Waals surface area contributed by atoms with Crippen LogP contribution in [0, 0.1) is 0 Å². The molecule has 0 bridgehead atoms. The maximum atomic E-state index is 11.0. The summed E-state index contributed by atoms with van der Waals surface area (Å²) in [5.74, 6) is -0.820. The number of carboxylic acid groups (broad SMARTS) is 1. The number of fused-ring (bicyclic) bond motifs is 1. The fourth-order valence-electron chi connectivity index (χ4n) is 1.99. The third kappa shape index (κ3) is 1.68. The summed E-state index contributed by atoms with van der Waals surface area (Å²) in [5, 5.41) is 18.3. The molecule has 1 atom stereocenters. The molecule has 0 heterocycles. The van der Waals surface area contributed by atoms with Gasteiger partial charge in [-0.15, -0.1) is 0 Å². The van der Waals surface area contributed by atoms with Crippen molar-refractivity contribution in [2.24, 2.45) is 5.73 Å². The summed E-state index contributed by atoms with van der Waals surface area (Å²) < 4.78 is 0. The fraction of sp³-hybridized carbons (Fsp3) is 0.364. The molecule has 1 aromatic rings. The maximum absolute atomic E-state index is 11.0. The van der Waals surface area contributed by atoms with Gasteiger partial charge in [0.2, 0.25) is 0 Å². The number of phenolic OH excluding ortho intramolecular Hbond substituents is 1. The number of benzene rings is 1. The molecule has 1 aromatic carbocycles. The number of aromatic hydroxyl groups is 1. The molecule has 2 rings (SSSR count). The highest BCUT2D eigenvalue weighted by Gasteiger charge is 2.37. The molecule has 0 radical (unpaired) electrons. The van der Waals surface area contributed by atoms with Crippen LogP contribution in [0.5, 0.6) is 5.75 Å². The minimum atomic E-state index is -1.18. The number of hydrogen-bond donors (Lipinski definition) is 3. The van der Waals surface area contributed by atoms with Crippen LogP contribution in [0.4, 0.5) is 0 Å². The lowest BCUT2D eigenvalue weighted by molar-refractivity contribution is -0.143. The van der Waals surface area contributed by atoms with E-state index in [1.807, 2.05) is 6.07 Å². The van der Waals surface area contributed by atoms with Crippen molar-refractivity contribution in [2.45, 2.75) is 24.8 Å². The van der Waals surface area contributed by atoms with Crippen molar-refractivity contribution in [3.8, 4) is 5.75 Å². The lowest BCUT2D eigenvalue weighted by Gasteiger charge is -2.30. The monoisotopic (exact) mass is 207 g/mol. The van der Waals surface area contributed by atoms with Gasteiger partial charge in [-0.3, -0.25) is 4.79 Å². The van der Waals surface area contributed by atoms with Gasteiger partial charge in [-0.05, 0) is 36.1 Å². The van der Waals surface area contributed by atoms with Gasteiger partial charge in [0.15, 0.2) is 0 Å². The third-order valence-corrected chi connectivity index (χ3v) is 2.96. The van der Waals surface area contributed by atoms with Crippen LogP contribution < -0.4 is 5.73 Å². The summed E-state index contributed by atoms with van der Waals surface area (Å²) in [5.41, 5.74) is 6.52. The Hall–Kier alpha value is -1.55. The Labute approximate surface area is 87.3 Å². The Balaban J connectivity index is 2.37. The van der Waals surface area contributed by atoms with Gasteiger partial charge < -0.3 is 15.9 Å². The molecular formula is C11H13NO3. The Morgan fingerprint density at radius 2 is 2.13 bits per heavy atom. The van der Waals surface area contributed by atoms with Gasteiger partial charge in [0.1, 0.15) is 11.3 Å². The van der Waals surface area contributed by atoms with Crippen molar-refractivity contribution >= 4 is 5.97 Å². The van der Waals surface area contributed by atoms with Crippen LogP contribution in [0.2, 0.25) is 0 Å². The molecule has 0 saturated carbocycles. The zero-order chi connectivity index (χ0) is 11.1. The second-order valence-corrected chi connectivity index (χ2v) is 4.09. The van der Waals surface area contributed by atoms with Crippen molar-refractivity contribution in [3.05, 3.63) is 29.3 Å². The predicted molar refractivity (Wildman–Crippen MR) is 54.7 cm³/mol. The SMILES string of the molecule is N[C@]1(C(=O)O)CCc2ccc(O)cc2C1. The molecule has 1 aliphatic rings. The van der Waals surface area contributed by atoms with Gasteiger partial charge >= 0.3 is 5.97 Å². The summed E-state index contributed by atoms with van der Waals surface area (Å²) in [4.78, 5) is 11.0. The van der Waals surface area contributed by atoms with E-state index in [4.69, 9.17) is 10.8 Å². The van der Waals surface area contributed by atoms with E-state index in [0.29, 0.717) is 12.8 Å². The first-order valence-corrected chi connectivity index (χ1v) is 4.84. The van der Waals surface area contributed by atoms with E-state index in [2.05, 4.69) is 0 Å². The Morgan fingerprint density at radius 1 is 1.40 bits per heavy atom. The van der Waals surface area contributed by atoms with E-state index in [9.17, 15) is 9.90 Å².